The van der Waals surface area contributed by atoms with Gasteiger partial charge in [-0.2, -0.15) is 0 Å². The molecule has 1 rings (SSSR count). The van der Waals surface area contributed by atoms with E-state index in [2.05, 4.69) is 18.3 Å². The van der Waals surface area contributed by atoms with Gasteiger partial charge < -0.3 is 4.57 Å². The smallest absolute Gasteiger partial charge is 0.0873 e. The highest BCUT2D eigenvalue weighted by Crippen LogP contribution is 2.19. The summed E-state index contributed by atoms with van der Waals surface area (Å²) >= 11 is 0. The molecule has 1 aromatic rings. The van der Waals surface area contributed by atoms with Crippen LogP contribution in [-0.2, 0) is 7.05 Å². The highest BCUT2D eigenvalue weighted by Gasteiger charge is 1.98. The Morgan fingerprint density at radius 3 is 2.80 bits per heavy atom. The van der Waals surface area contributed by atoms with Gasteiger partial charge in [0.2, 0.25) is 0 Å². The quantitative estimate of drug-likeness (QED) is 0.550. The number of aryl methyl sites for hydroxylation is 1. The molecular formula is C8H10N2. The Bertz CT molecular complexity index is 258. The fourth-order valence-corrected chi connectivity index (χ4v) is 0.911. The van der Waals surface area contributed by atoms with Crippen LogP contribution in [0.2, 0.25) is 0 Å². The van der Waals surface area contributed by atoms with Gasteiger partial charge in [-0.25, -0.2) is 0 Å². The molecule has 0 saturated heterocycles. The minimum Gasteiger partial charge on any atom is -0.349 e. The Balaban J connectivity index is 3.25. The lowest BCUT2D eigenvalue weighted by molar-refractivity contribution is 0.915. The predicted molar refractivity (Wildman–Crippen MR) is 44.7 cm³/mol. The topological polar surface area (TPSA) is 17.3 Å². The predicted octanol–water partition coefficient (Wildman–Crippen LogP) is 2.00. The van der Waals surface area contributed by atoms with Crippen molar-refractivity contribution in [3.63, 3.8) is 0 Å². The van der Waals surface area contributed by atoms with Gasteiger partial charge in [-0.05, 0) is 18.9 Å². The largest absolute Gasteiger partial charge is 0.349 e. The maximum Gasteiger partial charge on any atom is 0.0873 e. The first-order valence-electron chi connectivity index (χ1n) is 3.04. The van der Waals surface area contributed by atoms with Gasteiger partial charge >= 0.3 is 0 Å². The van der Waals surface area contributed by atoms with Crippen LogP contribution < -0.4 is 0 Å². The lowest BCUT2D eigenvalue weighted by Gasteiger charge is -1.95. The second-order valence-corrected chi connectivity index (χ2v) is 2.06. The molecule has 0 bridgehead atoms. The van der Waals surface area contributed by atoms with Crippen molar-refractivity contribution in [3.05, 3.63) is 24.5 Å². The van der Waals surface area contributed by atoms with Crippen molar-refractivity contribution in [2.24, 2.45) is 12.0 Å². The maximum atomic E-state index is 3.82. The van der Waals surface area contributed by atoms with E-state index in [1.54, 1.807) is 6.08 Å². The third kappa shape index (κ3) is 0.880. The third-order valence-corrected chi connectivity index (χ3v) is 1.46. The van der Waals surface area contributed by atoms with Crippen LogP contribution in [0.15, 0.2) is 23.8 Å². The van der Waals surface area contributed by atoms with E-state index < -0.39 is 0 Å². The molecule has 0 aliphatic heterocycles. The Kier molecular flexibility index (Phi) is 1.71. The number of rotatable bonds is 2. The highest BCUT2D eigenvalue weighted by molar-refractivity contribution is 5.62. The average Bonchev–Trinajstić information content (AvgIpc) is 2.30. The van der Waals surface area contributed by atoms with E-state index in [0.717, 1.165) is 11.4 Å². The summed E-state index contributed by atoms with van der Waals surface area (Å²) in [6.07, 6.45) is 3.70. The van der Waals surface area contributed by atoms with Gasteiger partial charge in [0.15, 0.2) is 0 Å². The number of aromatic nitrogens is 1. The SMILES string of the molecule is C=Cc1c(N=C)ccn1C. The minimum atomic E-state index is 0.887. The van der Waals surface area contributed by atoms with Crippen LogP contribution in [0, 0.1) is 0 Å². The Morgan fingerprint density at radius 2 is 2.40 bits per heavy atom. The number of hydrogen-bond acceptors (Lipinski definition) is 1. The Hall–Kier alpha value is -1.31. The normalized spacial score (nSPS) is 9.30. The molecule has 0 atom stereocenters. The molecular weight excluding hydrogens is 124 g/mol. The van der Waals surface area contributed by atoms with Crippen LogP contribution >= 0.6 is 0 Å². The fraction of sp³-hybridized carbons (Fsp3) is 0.125. The molecule has 0 aliphatic rings. The zero-order valence-electron chi connectivity index (χ0n) is 6.04. The molecule has 1 aromatic heterocycles. The second kappa shape index (κ2) is 2.52. The van der Waals surface area contributed by atoms with Gasteiger partial charge in [-0.15, -0.1) is 0 Å². The van der Waals surface area contributed by atoms with E-state index >= 15 is 0 Å². The van der Waals surface area contributed by atoms with Crippen molar-refractivity contribution in [1.82, 2.24) is 4.57 Å². The molecule has 52 valence electrons. The molecule has 0 aliphatic carbocycles. The summed E-state index contributed by atoms with van der Waals surface area (Å²) < 4.78 is 1.96. The van der Waals surface area contributed by atoms with Gasteiger partial charge in [0.25, 0.3) is 0 Å². The van der Waals surface area contributed by atoms with Gasteiger partial charge in [0.1, 0.15) is 0 Å². The van der Waals surface area contributed by atoms with Crippen LogP contribution in [-0.4, -0.2) is 11.3 Å². The number of nitrogens with zero attached hydrogens (tertiary/aromatic N) is 2. The van der Waals surface area contributed by atoms with Crippen molar-refractivity contribution in [3.8, 4) is 0 Å². The lowest BCUT2D eigenvalue weighted by Crippen LogP contribution is -1.86. The molecule has 1 heterocycles. The zero-order chi connectivity index (χ0) is 7.56. The summed E-state index contributed by atoms with van der Waals surface area (Å²) in [4.78, 5) is 3.82. The average molecular weight is 134 g/mol. The number of hydrogen-bond donors (Lipinski definition) is 0. The van der Waals surface area contributed by atoms with Gasteiger partial charge in [0, 0.05) is 13.2 Å². The maximum absolute atomic E-state index is 3.82. The van der Waals surface area contributed by atoms with E-state index in [1.807, 2.05) is 23.9 Å². The van der Waals surface area contributed by atoms with Crippen molar-refractivity contribution < 1.29 is 0 Å². The first-order chi connectivity index (χ1) is 4.79. The van der Waals surface area contributed by atoms with Gasteiger partial charge in [-0.3, -0.25) is 4.99 Å². The van der Waals surface area contributed by atoms with Crippen LogP contribution in [0.1, 0.15) is 5.69 Å². The van der Waals surface area contributed by atoms with E-state index in [-0.39, 0.29) is 0 Å². The summed E-state index contributed by atoms with van der Waals surface area (Å²) in [5.41, 5.74) is 1.90. The summed E-state index contributed by atoms with van der Waals surface area (Å²) in [6.45, 7) is 7.11. The minimum absolute atomic E-state index is 0.887. The summed E-state index contributed by atoms with van der Waals surface area (Å²) in [5, 5.41) is 0. The van der Waals surface area contributed by atoms with Crippen molar-refractivity contribution in [1.29, 1.82) is 0 Å². The lowest BCUT2D eigenvalue weighted by atomic mass is 10.3. The molecule has 10 heavy (non-hydrogen) atoms. The zero-order valence-corrected chi connectivity index (χ0v) is 6.04. The standard InChI is InChI=1S/C8H10N2/c1-4-8-7(9-2)5-6-10(8)3/h4-6H,1-2H2,3H3. The molecule has 0 amide bonds. The van der Waals surface area contributed by atoms with E-state index in [0.29, 0.717) is 0 Å². The molecule has 0 spiro atoms. The number of aliphatic imine (C=N–C) groups is 1. The summed E-state index contributed by atoms with van der Waals surface area (Å²) in [7, 11) is 1.95. The van der Waals surface area contributed by atoms with Crippen LogP contribution in [0.5, 0.6) is 0 Å². The summed E-state index contributed by atoms with van der Waals surface area (Å²) in [5.74, 6) is 0. The van der Waals surface area contributed by atoms with Crippen LogP contribution in [0.4, 0.5) is 5.69 Å². The van der Waals surface area contributed by atoms with E-state index in [1.165, 1.54) is 0 Å². The van der Waals surface area contributed by atoms with Crippen LogP contribution in [0.25, 0.3) is 6.08 Å². The van der Waals surface area contributed by atoms with E-state index in [9.17, 15) is 0 Å². The van der Waals surface area contributed by atoms with Gasteiger partial charge in [0.05, 0.1) is 11.4 Å². The monoisotopic (exact) mass is 134 g/mol. The van der Waals surface area contributed by atoms with E-state index in [4.69, 9.17) is 0 Å². The molecule has 0 radical (unpaired) electrons. The molecule has 0 aromatic carbocycles. The molecule has 0 N–H and O–H groups in total. The molecule has 2 heteroatoms. The first kappa shape index (κ1) is 6.81. The Morgan fingerprint density at radius 1 is 1.70 bits per heavy atom. The second-order valence-electron chi connectivity index (χ2n) is 2.06. The van der Waals surface area contributed by atoms with Crippen molar-refractivity contribution >= 4 is 18.5 Å². The molecule has 2 nitrogen and oxygen atoms in total. The fourth-order valence-electron chi connectivity index (χ4n) is 0.911. The molecule has 0 saturated carbocycles. The summed E-state index contributed by atoms with van der Waals surface area (Å²) in [6, 6.07) is 1.91. The van der Waals surface area contributed by atoms with Gasteiger partial charge in [-0.1, -0.05) is 6.58 Å². The first-order valence-corrected chi connectivity index (χ1v) is 3.04. The molecule has 0 unspecified atom stereocenters. The van der Waals surface area contributed by atoms with Crippen molar-refractivity contribution in [2.45, 2.75) is 0 Å². The third-order valence-electron chi connectivity index (χ3n) is 1.46. The highest BCUT2D eigenvalue weighted by atomic mass is 15.0. The van der Waals surface area contributed by atoms with Crippen LogP contribution in [0.3, 0.4) is 0 Å². The Labute approximate surface area is 60.5 Å². The molecule has 0 fully saturated rings. The van der Waals surface area contributed by atoms with Crippen molar-refractivity contribution in [2.75, 3.05) is 0 Å².